The van der Waals surface area contributed by atoms with Crippen molar-refractivity contribution in [1.29, 1.82) is 0 Å². The number of carbonyl (C=O) groups is 1. The van der Waals surface area contributed by atoms with E-state index in [-0.39, 0.29) is 6.61 Å². The number of hydrogen-bond acceptors (Lipinski definition) is 2. The molecule has 0 saturated heterocycles. The molecule has 0 bridgehead atoms. The van der Waals surface area contributed by atoms with E-state index in [1.54, 1.807) is 23.9 Å². The van der Waals surface area contributed by atoms with E-state index in [0.29, 0.717) is 11.3 Å². The Kier molecular flexibility index (Phi) is 1.87. The molecule has 0 fully saturated rings. The maximum atomic E-state index is 10.3. The second-order valence-corrected chi connectivity index (χ2v) is 2.10. The van der Waals surface area contributed by atoms with E-state index in [1.165, 1.54) is 0 Å². The molecule has 1 N–H and O–H groups in total. The lowest BCUT2D eigenvalue weighted by Gasteiger charge is -1.97. The van der Waals surface area contributed by atoms with Crippen molar-refractivity contribution in [3.63, 3.8) is 0 Å². The van der Waals surface area contributed by atoms with E-state index >= 15 is 0 Å². The van der Waals surface area contributed by atoms with Gasteiger partial charge < -0.3 is 9.67 Å². The number of aliphatic hydroxyl groups is 1. The fraction of sp³-hybridized carbons (Fsp3) is 0.286. The van der Waals surface area contributed by atoms with Crippen LogP contribution < -0.4 is 0 Å². The highest BCUT2D eigenvalue weighted by molar-refractivity contribution is 5.76. The van der Waals surface area contributed by atoms with E-state index in [4.69, 9.17) is 5.11 Å². The van der Waals surface area contributed by atoms with Gasteiger partial charge in [0.05, 0.1) is 12.3 Å². The third-order valence-corrected chi connectivity index (χ3v) is 1.51. The van der Waals surface area contributed by atoms with Crippen molar-refractivity contribution in [2.24, 2.45) is 7.05 Å². The summed E-state index contributed by atoms with van der Waals surface area (Å²) in [7, 11) is 1.79. The van der Waals surface area contributed by atoms with E-state index in [1.807, 2.05) is 0 Å². The summed E-state index contributed by atoms with van der Waals surface area (Å²) in [4.78, 5) is 10.3. The Hall–Kier alpha value is -1.09. The van der Waals surface area contributed by atoms with Crippen LogP contribution in [-0.2, 0) is 13.7 Å². The Balaban J connectivity index is 3.12. The molecule has 0 saturated carbocycles. The van der Waals surface area contributed by atoms with Crippen molar-refractivity contribution >= 4 is 6.29 Å². The first-order chi connectivity index (χ1) is 4.79. The minimum atomic E-state index is -0.0857. The molecule has 1 aromatic heterocycles. The van der Waals surface area contributed by atoms with Gasteiger partial charge in [0.1, 0.15) is 0 Å². The lowest BCUT2D eigenvalue weighted by molar-refractivity contribution is 0.112. The summed E-state index contributed by atoms with van der Waals surface area (Å²) in [5, 5.41) is 8.74. The molecule has 0 atom stereocenters. The van der Waals surface area contributed by atoms with Crippen LogP contribution in [0.2, 0.25) is 0 Å². The standard InChI is InChI=1S/C7H9NO2/c1-8-3-2-6(4-9)7(8)5-10/h2-4,10H,5H2,1H3. The summed E-state index contributed by atoms with van der Waals surface area (Å²) in [6.07, 6.45) is 2.49. The Morgan fingerprint density at radius 1 is 1.80 bits per heavy atom. The van der Waals surface area contributed by atoms with Crippen LogP contribution in [0, 0.1) is 0 Å². The van der Waals surface area contributed by atoms with Crippen molar-refractivity contribution in [3.8, 4) is 0 Å². The average molecular weight is 139 g/mol. The highest BCUT2D eigenvalue weighted by Gasteiger charge is 2.02. The third-order valence-electron chi connectivity index (χ3n) is 1.51. The zero-order valence-corrected chi connectivity index (χ0v) is 5.74. The first-order valence-corrected chi connectivity index (χ1v) is 3.00. The van der Waals surface area contributed by atoms with Crippen LogP contribution in [0.15, 0.2) is 12.3 Å². The maximum Gasteiger partial charge on any atom is 0.151 e. The molecule has 54 valence electrons. The van der Waals surface area contributed by atoms with Crippen LogP contribution in [0.4, 0.5) is 0 Å². The van der Waals surface area contributed by atoms with E-state index in [9.17, 15) is 4.79 Å². The highest BCUT2D eigenvalue weighted by Crippen LogP contribution is 2.05. The van der Waals surface area contributed by atoms with Crippen molar-refractivity contribution in [2.45, 2.75) is 6.61 Å². The summed E-state index contributed by atoms with van der Waals surface area (Å²) in [5.41, 5.74) is 1.22. The molecule has 10 heavy (non-hydrogen) atoms. The number of aryl methyl sites for hydroxylation is 1. The zero-order chi connectivity index (χ0) is 7.56. The number of carbonyl (C=O) groups excluding carboxylic acids is 1. The summed E-state index contributed by atoms with van der Waals surface area (Å²) >= 11 is 0. The Morgan fingerprint density at radius 2 is 2.50 bits per heavy atom. The zero-order valence-electron chi connectivity index (χ0n) is 5.74. The molecule has 3 heteroatoms. The van der Waals surface area contributed by atoms with Crippen LogP contribution in [0.1, 0.15) is 16.1 Å². The fourth-order valence-electron chi connectivity index (χ4n) is 0.892. The van der Waals surface area contributed by atoms with Gasteiger partial charge in [0.15, 0.2) is 6.29 Å². The molecular formula is C7H9NO2. The minimum Gasteiger partial charge on any atom is -0.390 e. The van der Waals surface area contributed by atoms with Gasteiger partial charge in [-0.15, -0.1) is 0 Å². The van der Waals surface area contributed by atoms with Crippen LogP contribution >= 0.6 is 0 Å². The molecule has 1 rings (SSSR count). The van der Waals surface area contributed by atoms with Gasteiger partial charge in [0.2, 0.25) is 0 Å². The highest BCUT2D eigenvalue weighted by atomic mass is 16.3. The predicted molar refractivity (Wildman–Crippen MR) is 36.7 cm³/mol. The fourth-order valence-corrected chi connectivity index (χ4v) is 0.892. The van der Waals surface area contributed by atoms with Crippen LogP contribution in [0.25, 0.3) is 0 Å². The molecule has 1 heterocycles. The van der Waals surface area contributed by atoms with Gasteiger partial charge in [0.25, 0.3) is 0 Å². The summed E-state index contributed by atoms with van der Waals surface area (Å²) < 4.78 is 1.73. The van der Waals surface area contributed by atoms with E-state index < -0.39 is 0 Å². The van der Waals surface area contributed by atoms with Crippen LogP contribution in [0.3, 0.4) is 0 Å². The Bertz CT molecular complexity index is 240. The maximum absolute atomic E-state index is 10.3. The van der Waals surface area contributed by atoms with Gasteiger partial charge in [-0.25, -0.2) is 0 Å². The Morgan fingerprint density at radius 3 is 2.90 bits per heavy atom. The number of hydrogen-bond donors (Lipinski definition) is 1. The molecule has 0 aliphatic carbocycles. The van der Waals surface area contributed by atoms with E-state index in [2.05, 4.69) is 0 Å². The predicted octanol–water partition coefficient (Wildman–Crippen LogP) is 0.330. The molecule has 0 radical (unpaired) electrons. The molecule has 0 aromatic carbocycles. The molecule has 0 aliphatic heterocycles. The minimum absolute atomic E-state index is 0.0857. The van der Waals surface area contributed by atoms with Gasteiger partial charge in [-0.2, -0.15) is 0 Å². The SMILES string of the molecule is Cn1ccc(C=O)c1CO. The molecule has 0 spiro atoms. The number of rotatable bonds is 2. The van der Waals surface area contributed by atoms with Crippen LogP contribution in [-0.4, -0.2) is 16.0 Å². The lowest BCUT2D eigenvalue weighted by Crippen LogP contribution is -1.97. The lowest BCUT2D eigenvalue weighted by atomic mass is 10.3. The molecule has 0 unspecified atom stereocenters. The smallest absolute Gasteiger partial charge is 0.151 e. The first kappa shape index (κ1) is 7.02. The van der Waals surface area contributed by atoms with Gasteiger partial charge in [0, 0.05) is 18.8 Å². The third kappa shape index (κ3) is 0.953. The quantitative estimate of drug-likeness (QED) is 0.600. The molecular weight excluding hydrogens is 130 g/mol. The van der Waals surface area contributed by atoms with Gasteiger partial charge in [-0.05, 0) is 6.07 Å². The molecule has 1 aromatic rings. The Labute approximate surface area is 58.9 Å². The summed E-state index contributed by atoms with van der Waals surface area (Å²) in [5.74, 6) is 0. The molecule has 0 aliphatic rings. The monoisotopic (exact) mass is 139 g/mol. The van der Waals surface area contributed by atoms with Gasteiger partial charge in [-0.3, -0.25) is 4.79 Å². The van der Waals surface area contributed by atoms with E-state index in [0.717, 1.165) is 6.29 Å². The van der Waals surface area contributed by atoms with Crippen molar-refractivity contribution in [1.82, 2.24) is 4.57 Å². The molecule has 3 nitrogen and oxygen atoms in total. The number of aldehydes is 1. The molecule has 0 amide bonds. The van der Waals surface area contributed by atoms with Crippen molar-refractivity contribution in [2.75, 3.05) is 0 Å². The normalized spacial score (nSPS) is 9.80. The average Bonchev–Trinajstić information content (AvgIpc) is 2.30. The second kappa shape index (κ2) is 2.66. The number of aromatic nitrogens is 1. The van der Waals surface area contributed by atoms with Crippen LogP contribution in [0.5, 0.6) is 0 Å². The van der Waals surface area contributed by atoms with Gasteiger partial charge in [-0.1, -0.05) is 0 Å². The largest absolute Gasteiger partial charge is 0.390 e. The van der Waals surface area contributed by atoms with Crippen molar-refractivity contribution < 1.29 is 9.90 Å². The topological polar surface area (TPSA) is 42.2 Å². The van der Waals surface area contributed by atoms with Crippen molar-refractivity contribution in [3.05, 3.63) is 23.5 Å². The second-order valence-electron chi connectivity index (χ2n) is 2.10. The summed E-state index contributed by atoms with van der Waals surface area (Å²) in [6.45, 7) is -0.0857. The summed E-state index contributed by atoms with van der Waals surface area (Å²) in [6, 6.07) is 1.68. The number of aliphatic hydroxyl groups excluding tert-OH is 1. The first-order valence-electron chi connectivity index (χ1n) is 3.00. The van der Waals surface area contributed by atoms with Gasteiger partial charge >= 0.3 is 0 Å². The number of nitrogens with zero attached hydrogens (tertiary/aromatic N) is 1.